The van der Waals surface area contributed by atoms with Crippen LogP contribution in [0.1, 0.15) is 35.6 Å². The molecule has 0 saturated carbocycles. The minimum atomic E-state index is -0.111. The van der Waals surface area contributed by atoms with Gasteiger partial charge in [-0.25, -0.2) is 0 Å². The number of nitrogens with one attached hydrogen (secondary N) is 1. The monoisotopic (exact) mass is 470 g/mol. The molecular formula is C26H34N2O4S. The molecule has 2 atom stereocenters. The van der Waals surface area contributed by atoms with Crippen LogP contribution in [0.2, 0.25) is 0 Å². The maximum absolute atomic E-state index is 12.5. The highest BCUT2D eigenvalue weighted by Gasteiger charge is 2.53. The molecule has 1 amide bonds. The van der Waals surface area contributed by atoms with Gasteiger partial charge in [0.1, 0.15) is 11.5 Å². The fourth-order valence-electron chi connectivity index (χ4n) is 5.60. The van der Waals surface area contributed by atoms with Gasteiger partial charge in [-0.15, -0.1) is 0 Å². The Morgan fingerprint density at radius 2 is 1.76 bits per heavy atom. The van der Waals surface area contributed by atoms with Crippen molar-refractivity contribution in [3.63, 3.8) is 0 Å². The number of amides is 1. The molecule has 6 nitrogen and oxygen atoms in total. The standard InChI is InChI=1S/C26H34N2O4S/c1-30-19-13-18(14-20(15-19)31-2)16-28-11-9-26(10-12-28)22-8-6-5-7-21(22)24(25(26)32-3)27-23(29)17-33-4/h5-8,13-15,24-25H,9-12,16-17H2,1-4H3,(H,27,29)/t24-,25+/m1/s1. The van der Waals surface area contributed by atoms with Gasteiger partial charge in [0.15, 0.2) is 0 Å². The van der Waals surface area contributed by atoms with Crippen molar-refractivity contribution in [2.24, 2.45) is 0 Å². The normalized spacial score (nSPS) is 21.6. The summed E-state index contributed by atoms with van der Waals surface area (Å²) in [6, 6.07) is 14.5. The Morgan fingerprint density at radius 3 is 2.36 bits per heavy atom. The van der Waals surface area contributed by atoms with Crippen molar-refractivity contribution in [1.29, 1.82) is 0 Å². The summed E-state index contributed by atoms with van der Waals surface area (Å²) in [5, 5.41) is 3.26. The number of carbonyl (C=O) groups is 1. The highest BCUT2D eigenvalue weighted by atomic mass is 32.2. The second-order valence-electron chi connectivity index (χ2n) is 8.87. The van der Waals surface area contributed by atoms with Crippen LogP contribution in [0.3, 0.4) is 0 Å². The number of hydrogen-bond acceptors (Lipinski definition) is 6. The Kier molecular flexibility index (Phi) is 7.51. The van der Waals surface area contributed by atoms with Gasteiger partial charge >= 0.3 is 0 Å². The Hall–Kier alpha value is -2.22. The predicted molar refractivity (Wildman–Crippen MR) is 132 cm³/mol. The fourth-order valence-corrected chi connectivity index (χ4v) is 5.94. The van der Waals surface area contributed by atoms with Crippen LogP contribution in [-0.4, -0.2) is 63.3 Å². The van der Waals surface area contributed by atoms with Crippen molar-refractivity contribution >= 4 is 17.7 Å². The SMILES string of the molecule is COc1cc(CN2CCC3(CC2)c2ccccc2[C@@H](NC(=O)CSC)[C@@H]3OC)cc(OC)c1. The Balaban J connectivity index is 1.53. The van der Waals surface area contributed by atoms with Crippen LogP contribution in [0.5, 0.6) is 11.5 Å². The van der Waals surface area contributed by atoms with E-state index in [0.29, 0.717) is 5.75 Å². The van der Waals surface area contributed by atoms with E-state index < -0.39 is 0 Å². The molecular weight excluding hydrogens is 436 g/mol. The number of ether oxygens (including phenoxy) is 3. The third kappa shape index (κ3) is 4.72. The molecule has 2 aromatic carbocycles. The Labute approximate surface area is 201 Å². The minimum absolute atomic E-state index is 0.0609. The number of likely N-dealkylation sites (tertiary alicyclic amines) is 1. The molecule has 7 heteroatoms. The summed E-state index contributed by atoms with van der Waals surface area (Å²) >= 11 is 1.54. The average molecular weight is 471 g/mol. The summed E-state index contributed by atoms with van der Waals surface area (Å²) in [5.74, 6) is 2.14. The first-order chi connectivity index (χ1) is 16.0. The van der Waals surface area contributed by atoms with E-state index in [1.807, 2.05) is 12.3 Å². The predicted octanol–water partition coefficient (Wildman–Crippen LogP) is 3.79. The van der Waals surface area contributed by atoms with E-state index >= 15 is 0 Å². The van der Waals surface area contributed by atoms with Gasteiger partial charge in [-0.3, -0.25) is 9.69 Å². The number of benzene rings is 2. The van der Waals surface area contributed by atoms with Gasteiger partial charge in [-0.2, -0.15) is 11.8 Å². The number of fused-ring (bicyclic) bond motifs is 2. The molecule has 1 aliphatic heterocycles. The molecule has 33 heavy (non-hydrogen) atoms. The van der Waals surface area contributed by atoms with Crippen LogP contribution < -0.4 is 14.8 Å². The Bertz CT molecular complexity index is 952. The molecule has 1 N–H and O–H groups in total. The number of hydrogen-bond donors (Lipinski definition) is 1. The molecule has 0 aromatic heterocycles. The zero-order chi connectivity index (χ0) is 23.4. The van der Waals surface area contributed by atoms with E-state index in [-0.39, 0.29) is 23.5 Å². The van der Waals surface area contributed by atoms with Crippen molar-refractivity contribution < 1.29 is 19.0 Å². The van der Waals surface area contributed by atoms with Crippen LogP contribution in [-0.2, 0) is 21.5 Å². The first-order valence-electron chi connectivity index (χ1n) is 11.4. The smallest absolute Gasteiger partial charge is 0.230 e. The fraction of sp³-hybridized carbons (Fsp3) is 0.500. The molecule has 1 heterocycles. The second kappa shape index (κ2) is 10.4. The lowest BCUT2D eigenvalue weighted by Crippen LogP contribution is -2.50. The number of piperidine rings is 1. The van der Waals surface area contributed by atoms with Crippen molar-refractivity contribution in [2.45, 2.75) is 36.9 Å². The molecule has 1 spiro atoms. The Morgan fingerprint density at radius 1 is 1.09 bits per heavy atom. The third-order valence-corrected chi connectivity index (χ3v) is 7.64. The van der Waals surface area contributed by atoms with Gasteiger partial charge in [-0.05, 0) is 61.0 Å². The second-order valence-corrected chi connectivity index (χ2v) is 9.74. The van der Waals surface area contributed by atoms with E-state index in [1.54, 1.807) is 21.3 Å². The van der Waals surface area contributed by atoms with Gasteiger partial charge in [0.2, 0.25) is 5.91 Å². The summed E-state index contributed by atoms with van der Waals surface area (Å²) in [7, 11) is 5.14. The van der Waals surface area contributed by atoms with E-state index in [0.717, 1.165) is 44.0 Å². The number of nitrogens with zero attached hydrogens (tertiary/aromatic N) is 1. The van der Waals surface area contributed by atoms with Gasteiger partial charge in [0, 0.05) is 25.1 Å². The molecule has 1 saturated heterocycles. The molecule has 1 fully saturated rings. The van der Waals surface area contributed by atoms with Crippen molar-refractivity contribution in [1.82, 2.24) is 10.2 Å². The first kappa shape index (κ1) is 23.9. The topological polar surface area (TPSA) is 60.0 Å². The van der Waals surface area contributed by atoms with Crippen molar-refractivity contribution in [3.05, 3.63) is 59.2 Å². The number of carbonyl (C=O) groups excluding carboxylic acids is 1. The molecule has 0 bridgehead atoms. The summed E-state index contributed by atoms with van der Waals surface area (Å²) in [4.78, 5) is 15.0. The van der Waals surface area contributed by atoms with Gasteiger partial charge in [0.25, 0.3) is 0 Å². The summed E-state index contributed by atoms with van der Waals surface area (Å²) in [5.41, 5.74) is 3.61. The molecule has 0 radical (unpaired) electrons. The zero-order valence-corrected chi connectivity index (χ0v) is 20.7. The lowest BCUT2D eigenvalue weighted by molar-refractivity contribution is -0.121. The molecule has 4 rings (SSSR count). The van der Waals surface area contributed by atoms with Crippen LogP contribution in [0, 0.1) is 0 Å². The van der Waals surface area contributed by atoms with Crippen molar-refractivity contribution in [3.8, 4) is 11.5 Å². The number of methoxy groups -OCH3 is 3. The van der Waals surface area contributed by atoms with Crippen LogP contribution in [0.4, 0.5) is 0 Å². The summed E-state index contributed by atoms with van der Waals surface area (Å²) in [6.07, 6.45) is 3.85. The quantitative estimate of drug-likeness (QED) is 0.634. The maximum atomic E-state index is 12.5. The van der Waals surface area contributed by atoms with E-state index in [2.05, 4.69) is 46.6 Å². The highest BCUT2D eigenvalue weighted by Crippen LogP contribution is 2.52. The molecule has 0 unspecified atom stereocenters. The average Bonchev–Trinajstić information content (AvgIpc) is 3.09. The van der Waals surface area contributed by atoms with Crippen LogP contribution >= 0.6 is 11.8 Å². The largest absolute Gasteiger partial charge is 0.497 e. The van der Waals surface area contributed by atoms with Crippen molar-refractivity contribution in [2.75, 3.05) is 46.4 Å². The van der Waals surface area contributed by atoms with E-state index in [1.165, 1.54) is 28.5 Å². The van der Waals surface area contributed by atoms with Gasteiger partial charge in [0.05, 0.1) is 32.1 Å². The zero-order valence-electron chi connectivity index (χ0n) is 19.9. The molecule has 2 aliphatic rings. The molecule has 2 aromatic rings. The van der Waals surface area contributed by atoms with E-state index in [4.69, 9.17) is 14.2 Å². The third-order valence-electron chi connectivity index (χ3n) is 7.09. The highest BCUT2D eigenvalue weighted by molar-refractivity contribution is 7.99. The van der Waals surface area contributed by atoms with Crippen LogP contribution in [0.25, 0.3) is 0 Å². The number of thioether (sulfide) groups is 1. The number of rotatable bonds is 8. The minimum Gasteiger partial charge on any atom is -0.497 e. The van der Waals surface area contributed by atoms with Gasteiger partial charge in [-0.1, -0.05) is 24.3 Å². The lowest BCUT2D eigenvalue weighted by atomic mass is 9.72. The van der Waals surface area contributed by atoms with Gasteiger partial charge < -0.3 is 19.5 Å². The summed E-state index contributed by atoms with van der Waals surface area (Å²) in [6.45, 7) is 2.76. The first-order valence-corrected chi connectivity index (χ1v) is 12.8. The summed E-state index contributed by atoms with van der Waals surface area (Å²) < 4.78 is 17.0. The van der Waals surface area contributed by atoms with E-state index in [9.17, 15) is 4.79 Å². The molecule has 178 valence electrons. The lowest BCUT2D eigenvalue weighted by Gasteiger charge is -2.44. The molecule has 1 aliphatic carbocycles. The van der Waals surface area contributed by atoms with Crippen LogP contribution in [0.15, 0.2) is 42.5 Å². The maximum Gasteiger partial charge on any atom is 0.230 e.